The van der Waals surface area contributed by atoms with Crippen molar-refractivity contribution in [3.63, 3.8) is 0 Å². The van der Waals surface area contributed by atoms with Gasteiger partial charge < -0.3 is 10.4 Å². The van der Waals surface area contributed by atoms with E-state index in [1.54, 1.807) is 6.20 Å². The van der Waals surface area contributed by atoms with Gasteiger partial charge in [0.05, 0.1) is 6.20 Å². The molecule has 2 heterocycles. The molecule has 0 fully saturated rings. The van der Waals surface area contributed by atoms with Crippen LogP contribution < -0.4 is 10.9 Å². The molecular formula is C17H27N3O3. The molecule has 1 aliphatic heterocycles. The number of aliphatic carboxylic acids is 1. The van der Waals surface area contributed by atoms with Crippen molar-refractivity contribution in [1.29, 1.82) is 0 Å². The molecule has 6 heteroatoms. The van der Waals surface area contributed by atoms with Gasteiger partial charge in [0.15, 0.2) is 0 Å². The van der Waals surface area contributed by atoms with Crippen LogP contribution in [0.15, 0.2) is 11.0 Å². The van der Waals surface area contributed by atoms with E-state index in [2.05, 4.69) is 24.1 Å². The van der Waals surface area contributed by atoms with E-state index < -0.39 is 12.0 Å². The Morgan fingerprint density at radius 1 is 1.35 bits per heavy atom. The predicted octanol–water partition coefficient (Wildman–Crippen LogP) is 2.93. The van der Waals surface area contributed by atoms with E-state index in [9.17, 15) is 14.7 Å². The lowest BCUT2D eigenvalue weighted by atomic mass is 9.76. The van der Waals surface area contributed by atoms with E-state index in [-0.39, 0.29) is 11.0 Å². The van der Waals surface area contributed by atoms with Crippen LogP contribution in [0.25, 0.3) is 0 Å². The molecule has 0 radical (unpaired) electrons. The predicted molar refractivity (Wildman–Crippen MR) is 90.1 cm³/mol. The molecule has 0 saturated carbocycles. The number of anilines is 1. The Kier molecular flexibility index (Phi) is 5.44. The molecule has 0 bridgehead atoms. The van der Waals surface area contributed by atoms with Gasteiger partial charge in [-0.05, 0) is 25.7 Å². The standard InChI is InChI=1S/C17H27N3O3/c1-4-7-17(8-5-2)10-13(15(22)23)20-14(21)12(18-9-6-3)11-19-16(17)20/h11,13,18H,4-10H2,1-3H3,(H,22,23). The highest BCUT2D eigenvalue weighted by Gasteiger charge is 2.47. The third-order valence-electron chi connectivity index (χ3n) is 4.67. The number of carbonyl (C=O) groups is 1. The van der Waals surface area contributed by atoms with Gasteiger partial charge in [-0.2, -0.15) is 0 Å². The first-order chi connectivity index (χ1) is 11.0. The SMILES string of the molecule is CCCNc1cnc2n(c1=O)C(C(=O)O)CC2(CCC)CCC. The lowest BCUT2D eigenvalue weighted by Crippen LogP contribution is -2.31. The van der Waals surface area contributed by atoms with Crippen LogP contribution in [-0.2, 0) is 10.2 Å². The van der Waals surface area contributed by atoms with Gasteiger partial charge in [-0.1, -0.05) is 33.6 Å². The summed E-state index contributed by atoms with van der Waals surface area (Å²) in [6.07, 6.45) is 6.53. The minimum absolute atomic E-state index is 0.259. The van der Waals surface area contributed by atoms with Crippen LogP contribution in [0.1, 0.15) is 71.2 Å². The van der Waals surface area contributed by atoms with E-state index in [4.69, 9.17) is 0 Å². The molecule has 0 aliphatic carbocycles. The van der Waals surface area contributed by atoms with E-state index in [0.717, 1.165) is 32.1 Å². The number of carboxylic acids is 1. The molecule has 1 aromatic rings. The number of carboxylic acid groups (broad SMARTS) is 1. The summed E-state index contributed by atoms with van der Waals surface area (Å²) < 4.78 is 1.42. The van der Waals surface area contributed by atoms with Crippen molar-refractivity contribution in [2.24, 2.45) is 0 Å². The maximum absolute atomic E-state index is 12.8. The van der Waals surface area contributed by atoms with E-state index >= 15 is 0 Å². The first-order valence-electron chi connectivity index (χ1n) is 8.59. The van der Waals surface area contributed by atoms with Gasteiger partial charge in [0.2, 0.25) is 0 Å². The summed E-state index contributed by atoms with van der Waals surface area (Å²) in [4.78, 5) is 29.0. The average molecular weight is 321 g/mol. The molecule has 1 aliphatic rings. The second-order valence-corrected chi connectivity index (χ2v) is 6.44. The Bertz CT molecular complexity index is 618. The van der Waals surface area contributed by atoms with Gasteiger partial charge in [-0.3, -0.25) is 9.36 Å². The first kappa shape index (κ1) is 17.5. The van der Waals surface area contributed by atoms with Gasteiger partial charge in [-0.15, -0.1) is 0 Å². The van der Waals surface area contributed by atoms with Gasteiger partial charge in [0.25, 0.3) is 5.56 Å². The smallest absolute Gasteiger partial charge is 0.326 e. The van der Waals surface area contributed by atoms with Crippen LogP contribution in [0.2, 0.25) is 0 Å². The number of fused-ring (bicyclic) bond motifs is 1. The first-order valence-corrected chi connectivity index (χ1v) is 8.59. The quantitative estimate of drug-likeness (QED) is 0.769. The van der Waals surface area contributed by atoms with Crippen molar-refractivity contribution < 1.29 is 9.90 Å². The van der Waals surface area contributed by atoms with Crippen molar-refractivity contribution >= 4 is 11.7 Å². The van der Waals surface area contributed by atoms with Gasteiger partial charge >= 0.3 is 5.97 Å². The summed E-state index contributed by atoms with van der Waals surface area (Å²) in [6.45, 7) is 6.86. The monoisotopic (exact) mass is 321 g/mol. The topological polar surface area (TPSA) is 84.2 Å². The molecule has 1 atom stereocenters. The lowest BCUT2D eigenvalue weighted by Gasteiger charge is -2.27. The molecular weight excluding hydrogens is 294 g/mol. The summed E-state index contributed by atoms with van der Waals surface area (Å²) in [5.74, 6) is -0.294. The van der Waals surface area contributed by atoms with Crippen molar-refractivity contribution in [1.82, 2.24) is 9.55 Å². The molecule has 2 rings (SSSR count). The highest BCUT2D eigenvalue weighted by molar-refractivity contribution is 5.73. The van der Waals surface area contributed by atoms with Gasteiger partial charge in [0, 0.05) is 12.0 Å². The Hall–Kier alpha value is -1.85. The number of hydrogen-bond donors (Lipinski definition) is 2. The van der Waals surface area contributed by atoms with Crippen LogP contribution in [0.3, 0.4) is 0 Å². The zero-order chi connectivity index (χ0) is 17.0. The Labute approximate surface area is 136 Å². The summed E-state index contributed by atoms with van der Waals surface area (Å²) in [6, 6.07) is -0.813. The molecule has 0 saturated heterocycles. The van der Waals surface area contributed by atoms with E-state index in [0.29, 0.717) is 24.5 Å². The molecule has 23 heavy (non-hydrogen) atoms. The Balaban J connectivity index is 2.57. The normalized spacial score (nSPS) is 18.7. The highest BCUT2D eigenvalue weighted by atomic mass is 16.4. The average Bonchev–Trinajstić information content (AvgIpc) is 2.83. The fraction of sp³-hybridized carbons (Fsp3) is 0.706. The Morgan fingerprint density at radius 3 is 2.52 bits per heavy atom. The molecule has 0 aromatic carbocycles. The number of rotatable bonds is 8. The highest BCUT2D eigenvalue weighted by Crippen LogP contribution is 2.46. The minimum Gasteiger partial charge on any atom is -0.480 e. The molecule has 2 N–H and O–H groups in total. The zero-order valence-electron chi connectivity index (χ0n) is 14.3. The van der Waals surface area contributed by atoms with Crippen LogP contribution >= 0.6 is 0 Å². The fourth-order valence-corrected chi connectivity index (χ4v) is 3.79. The van der Waals surface area contributed by atoms with Crippen molar-refractivity contribution in [2.45, 2.75) is 70.8 Å². The fourth-order valence-electron chi connectivity index (χ4n) is 3.79. The van der Waals surface area contributed by atoms with Crippen LogP contribution in [0.4, 0.5) is 5.69 Å². The third-order valence-corrected chi connectivity index (χ3v) is 4.67. The summed E-state index contributed by atoms with van der Waals surface area (Å²) in [5, 5.41) is 12.7. The maximum Gasteiger partial charge on any atom is 0.326 e. The summed E-state index contributed by atoms with van der Waals surface area (Å²) >= 11 is 0. The molecule has 0 spiro atoms. The molecule has 1 unspecified atom stereocenters. The largest absolute Gasteiger partial charge is 0.480 e. The van der Waals surface area contributed by atoms with Crippen LogP contribution in [0.5, 0.6) is 0 Å². The van der Waals surface area contributed by atoms with Crippen molar-refractivity contribution in [3.05, 3.63) is 22.4 Å². The number of nitrogens with zero attached hydrogens (tertiary/aromatic N) is 2. The second-order valence-electron chi connectivity index (χ2n) is 6.44. The second kappa shape index (κ2) is 7.15. The summed E-state index contributed by atoms with van der Waals surface area (Å²) in [7, 11) is 0. The van der Waals surface area contributed by atoms with Gasteiger partial charge in [-0.25, -0.2) is 9.78 Å². The van der Waals surface area contributed by atoms with Crippen molar-refractivity contribution in [3.8, 4) is 0 Å². The molecule has 1 aromatic heterocycles. The van der Waals surface area contributed by atoms with Crippen LogP contribution in [0, 0.1) is 0 Å². The van der Waals surface area contributed by atoms with Crippen molar-refractivity contribution in [2.75, 3.05) is 11.9 Å². The number of hydrogen-bond acceptors (Lipinski definition) is 4. The van der Waals surface area contributed by atoms with E-state index in [1.165, 1.54) is 4.57 Å². The lowest BCUT2D eigenvalue weighted by molar-refractivity contribution is -0.141. The molecule has 0 amide bonds. The molecule has 6 nitrogen and oxygen atoms in total. The van der Waals surface area contributed by atoms with Crippen LogP contribution in [-0.4, -0.2) is 27.2 Å². The number of aromatic nitrogens is 2. The Morgan fingerprint density at radius 2 is 2.00 bits per heavy atom. The summed E-state index contributed by atoms with van der Waals surface area (Å²) in [5.41, 5.74) is -0.162. The molecule has 128 valence electrons. The van der Waals surface area contributed by atoms with E-state index in [1.807, 2.05) is 6.92 Å². The number of nitrogens with one attached hydrogen (secondary N) is 1. The van der Waals surface area contributed by atoms with Gasteiger partial charge in [0.1, 0.15) is 17.6 Å². The third kappa shape index (κ3) is 3.12. The maximum atomic E-state index is 12.8. The zero-order valence-corrected chi connectivity index (χ0v) is 14.3. The minimum atomic E-state index is -0.947.